The lowest BCUT2D eigenvalue weighted by molar-refractivity contribution is -0.344. The van der Waals surface area contributed by atoms with Crippen LogP contribution in [0.25, 0.3) is 11.0 Å². The lowest BCUT2D eigenvalue weighted by atomic mass is 10.3. The maximum absolute atomic E-state index is 3.06. The van der Waals surface area contributed by atoms with Gasteiger partial charge in [0.1, 0.15) is 0 Å². The van der Waals surface area contributed by atoms with Gasteiger partial charge in [-0.15, -0.1) is 0 Å². The van der Waals surface area contributed by atoms with Crippen molar-refractivity contribution < 1.29 is 17.4 Å². The molecule has 0 amide bonds. The van der Waals surface area contributed by atoms with E-state index in [9.17, 15) is 0 Å². The van der Waals surface area contributed by atoms with Crippen molar-refractivity contribution in [2.45, 2.75) is 0 Å². The van der Waals surface area contributed by atoms with Crippen LogP contribution in [0.15, 0.2) is 30.6 Å². The number of benzene rings is 1. The first-order chi connectivity index (χ1) is 4.47. The van der Waals surface area contributed by atoms with Crippen LogP contribution in [0.3, 0.4) is 0 Å². The Hall–Kier alpha value is -1.02. The first-order valence-electron chi connectivity index (χ1n) is 2.90. The second-order valence-corrected chi connectivity index (χ2v) is 1.98. The van der Waals surface area contributed by atoms with Crippen LogP contribution >= 0.6 is 0 Å². The minimum absolute atomic E-state index is 0. The number of fused-ring (bicyclic) bond motifs is 1. The molecule has 0 aliphatic carbocycles. The van der Waals surface area contributed by atoms with E-state index in [1.807, 2.05) is 30.6 Å². The summed E-state index contributed by atoms with van der Waals surface area (Å²) in [6, 6.07) is 8.08. The van der Waals surface area contributed by atoms with Crippen LogP contribution in [0, 0.1) is 0 Å². The zero-order valence-corrected chi connectivity index (χ0v) is 6.02. The van der Waals surface area contributed by atoms with Gasteiger partial charge < -0.3 is 12.4 Å². The number of hydrogen-bond donors (Lipinski definition) is 1. The SMILES string of the molecule is [Cl-].c1ccc2[nH+]c[nH]c2c1. The Morgan fingerprint density at radius 1 is 1.20 bits per heavy atom. The molecule has 0 aliphatic rings. The molecule has 0 saturated heterocycles. The summed E-state index contributed by atoms with van der Waals surface area (Å²) in [4.78, 5) is 6.13. The van der Waals surface area contributed by atoms with Gasteiger partial charge in [0.2, 0.25) is 6.33 Å². The number of rotatable bonds is 0. The van der Waals surface area contributed by atoms with Crippen LogP contribution < -0.4 is 17.4 Å². The fraction of sp³-hybridized carbons (Fsp3) is 0. The summed E-state index contributed by atoms with van der Waals surface area (Å²) < 4.78 is 0. The van der Waals surface area contributed by atoms with Crippen LogP contribution in [0.2, 0.25) is 0 Å². The van der Waals surface area contributed by atoms with Crippen LogP contribution in [0.4, 0.5) is 0 Å². The molecule has 52 valence electrons. The Morgan fingerprint density at radius 2 is 2.00 bits per heavy atom. The number of para-hydroxylation sites is 2. The molecule has 2 aromatic rings. The summed E-state index contributed by atoms with van der Waals surface area (Å²) in [5.41, 5.74) is 2.30. The summed E-state index contributed by atoms with van der Waals surface area (Å²) in [5.74, 6) is 0. The minimum atomic E-state index is 0. The quantitative estimate of drug-likeness (QED) is 0.455. The van der Waals surface area contributed by atoms with E-state index in [-0.39, 0.29) is 12.4 Å². The Kier molecular flexibility index (Phi) is 1.92. The second-order valence-electron chi connectivity index (χ2n) is 1.98. The molecule has 0 saturated carbocycles. The van der Waals surface area contributed by atoms with E-state index >= 15 is 0 Å². The van der Waals surface area contributed by atoms with E-state index in [0.717, 1.165) is 11.0 Å². The van der Waals surface area contributed by atoms with E-state index in [1.54, 1.807) is 0 Å². The van der Waals surface area contributed by atoms with E-state index in [0.29, 0.717) is 0 Å². The summed E-state index contributed by atoms with van der Waals surface area (Å²) in [6.45, 7) is 0. The molecule has 0 aliphatic heterocycles. The van der Waals surface area contributed by atoms with E-state index in [1.165, 1.54) is 0 Å². The fourth-order valence-electron chi connectivity index (χ4n) is 0.926. The van der Waals surface area contributed by atoms with Gasteiger partial charge in [0.05, 0.1) is 0 Å². The highest BCUT2D eigenvalue weighted by atomic mass is 35.5. The number of aromatic amines is 2. The van der Waals surface area contributed by atoms with Crippen molar-refractivity contribution in [3.8, 4) is 0 Å². The third-order valence-electron chi connectivity index (χ3n) is 1.38. The van der Waals surface area contributed by atoms with Gasteiger partial charge in [-0.2, -0.15) is 0 Å². The summed E-state index contributed by atoms with van der Waals surface area (Å²) in [5, 5.41) is 0. The molecule has 0 spiro atoms. The summed E-state index contributed by atoms with van der Waals surface area (Å²) in [7, 11) is 0. The minimum Gasteiger partial charge on any atom is -1.00 e. The third-order valence-corrected chi connectivity index (χ3v) is 1.38. The van der Waals surface area contributed by atoms with Crippen molar-refractivity contribution in [3.63, 3.8) is 0 Å². The standard InChI is InChI=1S/C7H6N2.ClH/c1-2-4-7-6(3-1)8-5-9-7;/h1-5H,(H,8,9);1H. The van der Waals surface area contributed by atoms with Gasteiger partial charge in [0.25, 0.3) is 0 Å². The molecule has 2 rings (SSSR count). The molecule has 0 bridgehead atoms. The highest BCUT2D eigenvalue weighted by Gasteiger charge is 1.95. The predicted molar refractivity (Wildman–Crippen MR) is 34.9 cm³/mol. The number of imidazole rings is 1. The molecule has 1 heterocycles. The first kappa shape index (κ1) is 7.09. The third kappa shape index (κ3) is 0.977. The molecule has 0 atom stereocenters. The second kappa shape index (κ2) is 2.71. The van der Waals surface area contributed by atoms with Crippen molar-refractivity contribution in [2.24, 2.45) is 0 Å². The van der Waals surface area contributed by atoms with Gasteiger partial charge in [-0.05, 0) is 12.1 Å². The fourth-order valence-corrected chi connectivity index (χ4v) is 0.926. The molecular formula is C7H7ClN2. The zero-order chi connectivity index (χ0) is 6.10. The smallest absolute Gasteiger partial charge is 0.240 e. The van der Waals surface area contributed by atoms with Gasteiger partial charge in [-0.3, -0.25) is 0 Å². The Balaban J connectivity index is 0.000000500. The van der Waals surface area contributed by atoms with Crippen LogP contribution in [-0.4, -0.2) is 4.98 Å². The highest BCUT2D eigenvalue weighted by Crippen LogP contribution is 2.01. The van der Waals surface area contributed by atoms with Crippen molar-refractivity contribution >= 4 is 11.0 Å². The number of nitrogens with one attached hydrogen (secondary N) is 2. The first-order valence-corrected chi connectivity index (χ1v) is 2.90. The molecule has 0 fully saturated rings. The molecule has 0 radical (unpaired) electrons. The van der Waals surface area contributed by atoms with Crippen molar-refractivity contribution in [2.75, 3.05) is 0 Å². The largest absolute Gasteiger partial charge is 1.00 e. The Labute approximate surface area is 64.7 Å². The maximum atomic E-state index is 3.06. The average Bonchev–Trinajstić information content (AvgIpc) is 2.33. The van der Waals surface area contributed by atoms with E-state index in [2.05, 4.69) is 9.97 Å². The maximum Gasteiger partial charge on any atom is 0.240 e. The number of H-pyrrole nitrogens is 2. The van der Waals surface area contributed by atoms with Crippen LogP contribution in [0.5, 0.6) is 0 Å². The molecular weight excluding hydrogens is 148 g/mol. The molecule has 0 unspecified atom stereocenters. The molecule has 1 aromatic heterocycles. The lowest BCUT2D eigenvalue weighted by Gasteiger charge is -1.76. The Bertz CT molecular complexity index is 286. The highest BCUT2D eigenvalue weighted by molar-refractivity contribution is 5.69. The van der Waals surface area contributed by atoms with Crippen molar-refractivity contribution in [3.05, 3.63) is 30.6 Å². The molecule has 3 heteroatoms. The van der Waals surface area contributed by atoms with Crippen molar-refractivity contribution in [1.82, 2.24) is 4.98 Å². The van der Waals surface area contributed by atoms with Crippen LogP contribution in [0.1, 0.15) is 0 Å². The summed E-state index contributed by atoms with van der Waals surface area (Å²) in [6.07, 6.45) is 1.82. The van der Waals surface area contributed by atoms with Gasteiger partial charge in [0.15, 0.2) is 11.0 Å². The van der Waals surface area contributed by atoms with Crippen LogP contribution in [-0.2, 0) is 0 Å². The van der Waals surface area contributed by atoms with Gasteiger partial charge >= 0.3 is 0 Å². The van der Waals surface area contributed by atoms with Gasteiger partial charge in [-0.1, -0.05) is 12.1 Å². The number of aromatic nitrogens is 2. The molecule has 2 N–H and O–H groups in total. The molecule has 1 aromatic carbocycles. The van der Waals surface area contributed by atoms with E-state index < -0.39 is 0 Å². The Morgan fingerprint density at radius 3 is 2.80 bits per heavy atom. The normalized spacial score (nSPS) is 9.20. The van der Waals surface area contributed by atoms with Gasteiger partial charge in [-0.25, -0.2) is 9.97 Å². The topological polar surface area (TPSA) is 29.9 Å². The molecule has 10 heavy (non-hydrogen) atoms. The lowest BCUT2D eigenvalue weighted by Crippen LogP contribution is -3.00. The van der Waals surface area contributed by atoms with Gasteiger partial charge in [0, 0.05) is 0 Å². The number of hydrogen-bond acceptors (Lipinski definition) is 0. The van der Waals surface area contributed by atoms with E-state index in [4.69, 9.17) is 0 Å². The molecule has 2 nitrogen and oxygen atoms in total. The summed E-state index contributed by atoms with van der Waals surface area (Å²) >= 11 is 0. The monoisotopic (exact) mass is 154 g/mol. The van der Waals surface area contributed by atoms with Crippen molar-refractivity contribution in [1.29, 1.82) is 0 Å². The predicted octanol–water partition coefficient (Wildman–Crippen LogP) is -2.01. The average molecular weight is 155 g/mol. The zero-order valence-electron chi connectivity index (χ0n) is 5.26. The number of halogens is 1.